The van der Waals surface area contributed by atoms with Crippen LogP contribution >= 0.6 is 0 Å². The number of aliphatic imine (C=N–C) groups is 1. The summed E-state index contributed by atoms with van der Waals surface area (Å²) >= 11 is 0. The number of sulfone groups is 1. The Kier molecular flexibility index (Phi) is 5.89. The van der Waals surface area contributed by atoms with E-state index < -0.39 is 56.5 Å². The third kappa shape index (κ3) is 4.18. The van der Waals surface area contributed by atoms with Crippen LogP contribution in [0.3, 0.4) is 0 Å². The van der Waals surface area contributed by atoms with Crippen molar-refractivity contribution in [2.75, 3.05) is 6.26 Å². The lowest BCUT2D eigenvalue weighted by Crippen LogP contribution is -2.18. The zero-order valence-electron chi connectivity index (χ0n) is 15.3. The predicted octanol–water partition coefficient (Wildman–Crippen LogP) is 3.18. The van der Waals surface area contributed by atoms with Gasteiger partial charge in [0.25, 0.3) is 12.9 Å². The van der Waals surface area contributed by atoms with Gasteiger partial charge in [0.2, 0.25) is 0 Å². The molecule has 3 rings (SSSR count). The van der Waals surface area contributed by atoms with Crippen LogP contribution in [0.2, 0.25) is 0 Å². The standard InChI is InChI=1S/C19H13F4N3O3S/c1-30(28,29)12-7-8-13(24-10-9-12)26-16(19(22)23)14(15(25-26)18(20)21)17(27)11-5-3-2-4-6-11/h2-8,12,18-19H,1H3. The van der Waals surface area contributed by atoms with Crippen molar-refractivity contribution < 1.29 is 30.8 Å². The summed E-state index contributed by atoms with van der Waals surface area (Å²) < 4.78 is 78.7. The molecular formula is C19H13F4N3O3S. The molecule has 0 spiro atoms. The highest BCUT2D eigenvalue weighted by atomic mass is 32.2. The number of halogens is 4. The van der Waals surface area contributed by atoms with Gasteiger partial charge in [0, 0.05) is 17.9 Å². The van der Waals surface area contributed by atoms with E-state index in [9.17, 15) is 30.8 Å². The quantitative estimate of drug-likeness (QED) is 0.407. The number of hydrogen-bond acceptors (Lipinski definition) is 5. The first-order chi connectivity index (χ1) is 14.1. The highest BCUT2D eigenvalue weighted by molar-refractivity contribution is 7.91. The molecule has 2 heterocycles. The largest absolute Gasteiger partial charge is 0.288 e. The Morgan fingerprint density at radius 3 is 2.37 bits per heavy atom. The maximum atomic E-state index is 13.9. The average molecular weight is 439 g/mol. The second kappa shape index (κ2) is 8.23. The lowest BCUT2D eigenvalue weighted by atomic mass is 10.0. The minimum atomic E-state index is -3.63. The van der Waals surface area contributed by atoms with E-state index in [0.717, 1.165) is 18.4 Å². The molecule has 0 fully saturated rings. The molecule has 1 aromatic heterocycles. The van der Waals surface area contributed by atoms with Crippen molar-refractivity contribution in [2.45, 2.75) is 18.1 Å². The molecule has 156 valence electrons. The molecule has 1 aliphatic rings. The minimum Gasteiger partial charge on any atom is -0.288 e. The van der Waals surface area contributed by atoms with Crippen LogP contribution in [-0.4, -0.2) is 41.3 Å². The summed E-state index contributed by atoms with van der Waals surface area (Å²) in [6.45, 7) is 0. The zero-order chi connectivity index (χ0) is 22.1. The highest BCUT2D eigenvalue weighted by Gasteiger charge is 2.34. The van der Waals surface area contributed by atoms with Crippen molar-refractivity contribution in [2.24, 2.45) is 4.99 Å². The van der Waals surface area contributed by atoms with Gasteiger partial charge in [0.05, 0.1) is 5.56 Å². The highest BCUT2D eigenvalue weighted by Crippen LogP contribution is 2.33. The number of aromatic nitrogens is 2. The van der Waals surface area contributed by atoms with Crippen LogP contribution in [0.25, 0.3) is 0 Å². The Bertz CT molecular complexity index is 1210. The molecule has 6 nitrogen and oxygen atoms in total. The number of carbonyl (C=O) groups excluding carboxylic acids is 1. The van der Waals surface area contributed by atoms with Crippen LogP contribution in [0.5, 0.6) is 0 Å². The van der Waals surface area contributed by atoms with Crippen LogP contribution in [0.15, 0.2) is 47.5 Å². The molecule has 30 heavy (non-hydrogen) atoms. The molecule has 1 aliphatic heterocycles. The lowest BCUT2D eigenvalue weighted by Gasteiger charge is -2.08. The van der Waals surface area contributed by atoms with Gasteiger partial charge in [0.1, 0.15) is 16.6 Å². The second-order valence-corrected chi connectivity index (χ2v) is 8.36. The van der Waals surface area contributed by atoms with E-state index in [1.54, 1.807) is 6.07 Å². The molecule has 0 N–H and O–H groups in total. The topological polar surface area (TPSA) is 81.4 Å². The van der Waals surface area contributed by atoms with Gasteiger partial charge < -0.3 is 0 Å². The molecule has 2 aromatic rings. The van der Waals surface area contributed by atoms with E-state index in [-0.39, 0.29) is 5.56 Å². The summed E-state index contributed by atoms with van der Waals surface area (Å²) in [5.74, 6) is 0.838. The van der Waals surface area contributed by atoms with Crippen LogP contribution in [-0.2, 0) is 9.84 Å². The van der Waals surface area contributed by atoms with Crippen molar-refractivity contribution in [3.63, 3.8) is 0 Å². The predicted molar refractivity (Wildman–Crippen MR) is 100 cm³/mol. The van der Waals surface area contributed by atoms with Gasteiger partial charge in [-0.15, -0.1) is 0 Å². The summed E-state index contributed by atoms with van der Waals surface area (Å²) in [6, 6.07) is 9.25. The van der Waals surface area contributed by atoms with Gasteiger partial charge in [0.15, 0.2) is 21.5 Å². The van der Waals surface area contributed by atoms with E-state index in [4.69, 9.17) is 0 Å². The molecule has 1 aromatic carbocycles. The number of ketones is 1. The maximum absolute atomic E-state index is 13.9. The SMILES string of the molecule is CS(=O)(=O)C1C#CN=C(n2nc(C(F)F)c(C(=O)c3ccccc3)c2C(F)F)C=C1. The Labute approximate surface area is 168 Å². The van der Waals surface area contributed by atoms with E-state index in [2.05, 4.69) is 22.1 Å². The normalized spacial score (nSPS) is 16.2. The van der Waals surface area contributed by atoms with Crippen molar-refractivity contribution in [3.8, 4) is 12.0 Å². The van der Waals surface area contributed by atoms with Gasteiger partial charge in [-0.1, -0.05) is 42.3 Å². The van der Waals surface area contributed by atoms with Gasteiger partial charge >= 0.3 is 0 Å². The van der Waals surface area contributed by atoms with Crippen molar-refractivity contribution in [3.05, 3.63) is 65.0 Å². The van der Waals surface area contributed by atoms with Crippen LogP contribution in [0.1, 0.15) is 40.2 Å². The number of alkyl halides is 4. The van der Waals surface area contributed by atoms with Gasteiger partial charge in [-0.25, -0.2) is 30.7 Å². The number of rotatable bonds is 5. The molecule has 0 radical (unpaired) electrons. The molecule has 0 aliphatic carbocycles. The summed E-state index contributed by atoms with van der Waals surface area (Å²) in [5.41, 5.74) is -3.22. The summed E-state index contributed by atoms with van der Waals surface area (Å²) in [6.07, 6.45) is -3.66. The Hall–Kier alpha value is -3.26. The number of hydrogen-bond donors (Lipinski definition) is 0. The average Bonchev–Trinajstić information content (AvgIpc) is 2.91. The Morgan fingerprint density at radius 2 is 1.80 bits per heavy atom. The third-order valence-corrected chi connectivity index (χ3v) is 5.30. The van der Waals surface area contributed by atoms with Crippen molar-refractivity contribution in [1.29, 1.82) is 0 Å². The molecule has 0 bridgehead atoms. The first-order valence-electron chi connectivity index (χ1n) is 8.35. The van der Waals surface area contributed by atoms with Crippen LogP contribution < -0.4 is 0 Å². The number of nitrogens with zero attached hydrogens (tertiary/aromatic N) is 3. The van der Waals surface area contributed by atoms with Gasteiger partial charge in [-0.2, -0.15) is 10.1 Å². The van der Waals surface area contributed by atoms with E-state index >= 15 is 0 Å². The summed E-state index contributed by atoms with van der Waals surface area (Å²) in [5, 5.41) is 2.24. The zero-order valence-corrected chi connectivity index (χ0v) is 16.1. The first kappa shape index (κ1) is 21.4. The smallest absolute Gasteiger partial charge is 0.282 e. The molecule has 0 saturated heterocycles. The fourth-order valence-corrected chi connectivity index (χ4v) is 3.35. The molecule has 0 saturated carbocycles. The fourth-order valence-electron chi connectivity index (χ4n) is 2.72. The lowest BCUT2D eigenvalue weighted by molar-refractivity contribution is 0.100. The number of benzene rings is 1. The third-order valence-electron chi connectivity index (χ3n) is 4.10. The van der Waals surface area contributed by atoms with Gasteiger partial charge in [-0.3, -0.25) is 4.79 Å². The van der Waals surface area contributed by atoms with Gasteiger partial charge in [-0.05, 0) is 6.08 Å². The Balaban J connectivity index is 2.20. The van der Waals surface area contributed by atoms with E-state index in [1.165, 1.54) is 24.3 Å². The van der Waals surface area contributed by atoms with E-state index in [1.807, 2.05) is 0 Å². The van der Waals surface area contributed by atoms with Crippen molar-refractivity contribution in [1.82, 2.24) is 9.78 Å². The minimum absolute atomic E-state index is 0.0730. The maximum Gasteiger partial charge on any atom is 0.282 e. The van der Waals surface area contributed by atoms with E-state index in [0.29, 0.717) is 4.68 Å². The van der Waals surface area contributed by atoms with Crippen LogP contribution in [0, 0.1) is 12.0 Å². The summed E-state index contributed by atoms with van der Waals surface area (Å²) in [4.78, 5) is 16.4. The monoisotopic (exact) mass is 439 g/mol. The molecule has 1 unspecified atom stereocenters. The number of allylic oxidation sites excluding steroid dienone is 1. The fraction of sp³-hybridized carbons (Fsp3) is 0.211. The first-order valence-corrected chi connectivity index (χ1v) is 10.3. The molecule has 1 atom stereocenters. The number of carbonyl (C=O) groups is 1. The Morgan fingerprint density at radius 1 is 1.13 bits per heavy atom. The molecule has 11 heteroatoms. The van der Waals surface area contributed by atoms with Crippen molar-refractivity contribution >= 4 is 21.5 Å². The van der Waals surface area contributed by atoms with Crippen LogP contribution in [0.4, 0.5) is 17.6 Å². The molecular weight excluding hydrogens is 426 g/mol. The second-order valence-electron chi connectivity index (χ2n) is 6.19. The molecule has 0 amide bonds. The summed E-state index contributed by atoms with van der Waals surface area (Å²) in [7, 11) is -3.63.